The zero-order valence-corrected chi connectivity index (χ0v) is 12.4. The van der Waals surface area contributed by atoms with Gasteiger partial charge in [0.15, 0.2) is 0 Å². The average molecular weight is 309 g/mol. The summed E-state index contributed by atoms with van der Waals surface area (Å²) < 4.78 is 0. The van der Waals surface area contributed by atoms with Crippen LogP contribution in [0.3, 0.4) is 0 Å². The molecule has 1 aromatic heterocycles. The third kappa shape index (κ3) is 3.68. The summed E-state index contributed by atoms with van der Waals surface area (Å²) in [4.78, 5) is 1.49. The van der Waals surface area contributed by atoms with Gasteiger partial charge in [0.2, 0.25) is 0 Å². The van der Waals surface area contributed by atoms with Crippen molar-refractivity contribution in [3.63, 3.8) is 0 Å². The number of hydrogen-bond acceptors (Lipinski definition) is 1. The Morgan fingerprint density at radius 3 is 2.76 bits per heavy atom. The minimum absolute atomic E-state index is 0.622. The summed E-state index contributed by atoms with van der Waals surface area (Å²) in [7, 11) is 0. The van der Waals surface area contributed by atoms with Gasteiger partial charge in [-0.3, -0.25) is 0 Å². The van der Waals surface area contributed by atoms with Gasteiger partial charge in [-0.05, 0) is 42.7 Å². The molecule has 2 aromatic rings. The fraction of sp³-hybridized carbons (Fsp3) is 0.333. The van der Waals surface area contributed by atoms with Crippen LogP contribution in [-0.2, 0) is 6.42 Å². The molecule has 0 N–H and O–H groups in total. The molecule has 17 heavy (non-hydrogen) atoms. The molecule has 0 aliphatic carbocycles. The first-order valence-corrected chi connectivity index (χ1v) is 7.94. The zero-order chi connectivity index (χ0) is 12.1. The van der Waals surface area contributed by atoms with Crippen molar-refractivity contribution in [2.45, 2.75) is 25.7 Å². The van der Waals surface area contributed by atoms with Crippen LogP contribution in [0.4, 0.5) is 0 Å². The van der Waals surface area contributed by atoms with Crippen LogP contribution < -0.4 is 0 Å². The van der Waals surface area contributed by atoms with E-state index in [1.807, 2.05) is 11.3 Å². The standard InChI is InChI=1S/C15H17BrS/c1-12-4-2-5-13(10-12)14(11-16)7-8-15-6-3-9-17-15/h2-6,9-10,14H,7-8,11H2,1H3. The fourth-order valence-corrected chi connectivity index (χ4v) is 3.45. The van der Waals surface area contributed by atoms with Crippen molar-refractivity contribution >= 4 is 27.3 Å². The SMILES string of the molecule is Cc1cccc(C(CBr)CCc2cccs2)c1. The minimum atomic E-state index is 0.622. The molecule has 0 spiro atoms. The third-order valence-corrected chi connectivity index (χ3v) is 4.74. The predicted molar refractivity (Wildman–Crippen MR) is 80.4 cm³/mol. The molecule has 1 unspecified atom stereocenters. The molecule has 0 fully saturated rings. The minimum Gasteiger partial charge on any atom is -0.149 e. The number of hydrogen-bond donors (Lipinski definition) is 0. The van der Waals surface area contributed by atoms with E-state index >= 15 is 0 Å². The van der Waals surface area contributed by atoms with Crippen LogP contribution in [0.25, 0.3) is 0 Å². The molecule has 1 heterocycles. The molecular formula is C15H17BrS. The highest BCUT2D eigenvalue weighted by Gasteiger charge is 2.10. The Morgan fingerprint density at radius 1 is 1.24 bits per heavy atom. The molecule has 90 valence electrons. The Labute approximate surface area is 116 Å². The van der Waals surface area contributed by atoms with Crippen LogP contribution in [0.2, 0.25) is 0 Å². The van der Waals surface area contributed by atoms with E-state index in [1.165, 1.54) is 28.8 Å². The maximum absolute atomic E-state index is 3.64. The van der Waals surface area contributed by atoms with Gasteiger partial charge in [-0.2, -0.15) is 0 Å². The van der Waals surface area contributed by atoms with Crippen molar-refractivity contribution < 1.29 is 0 Å². The zero-order valence-electron chi connectivity index (χ0n) is 10.0. The molecule has 0 radical (unpaired) electrons. The summed E-state index contributed by atoms with van der Waals surface area (Å²) in [5, 5.41) is 3.20. The molecule has 0 aliphatic rings. The van der Waals surface area contributed by atoms with Crippen molar-refractivity contribution in [2.24, 2.45) is 0 Å². The Balaban J connectivity index is 2.01. The molecule has 1 atom stereocenters. The van der Waals surface area contributed by atoms with Gasteiger partial charge in [-0.1, -0.05) is 51.8 Å². The van der Waals surface area contributed by atoms with Crippen LogP contribution in [0.15, 0.2) is 41.8 Å². The summed E-state index contributed by atoms with van der Waals surface area (Å²) in [6.45, 7) is 2.16. The highest BCUT2D eigenvalue weighted by atomic mass is 79.9. The van der Waals surface area contributed by atoms with Crippen LogP contribution in [-0.4, -0.2) is 5.33 Å². The molecule has 0 aliphatic heterocycles. The van der Waals surface area contributed by atoms with Crippen molar-refractivity contribution in [3.05, 3.63) is 57.8 Å². The number of thiophene rings is 1. The molecule has 0 saturated carbocycles. The van der Waals surface area contributed by atoms with E-state index in [0.29, 0.717) is 5.92 Å². The van der Waals surface area contributed by atoms with E-state index < -0.39 is 0 Å². The molecule has 0 nitrogen and oxygen atoms in total. The van der Waals surface area contributed by atoms with Gasteiger partial charge in [0, 0.05) is 10.2 Å². The molecular weight excluding hydrogens is 292 g/mol. The van der Waals surface area contributed by atoms with Crippen molar-refractivity contribution in [2.75, 3.05) is 5.33 Å². The fourth-order valence-electron chi connectivity index (χ4n) is 2.03. The van der Waals surface area contributed by atoms with Crippen molar-refractivity contribution in [1.29, 1.82) is 0 Å². The quantitative estimate of drug-likeness (QED) is 0.669. The lowest BCUT2D eigenvalue weighted by atomic mass is 9.95. The second-order valence-corrected chi connectivity index (χ2v) is 6.06. The topological polar surface area (TPSA) is 0 Å². The van der Waals surface area contributed by atoms with E-state index in [1.54, 1.807) is 0 Å². The first-order valence-electron chi connectivity index (χ1n) is 5.94. The molecule has 1 aromatic carbocycles. The number of rotatable bonds is 5. The Kier molecular flexibility index (Phi) is 4.81. The molecule has 0 amide bonds. The van der Waals surface area contributed by atoms with Crippen LogP contribution in [0.1, 0.15) is 28.3 Å². The molecule has 2 heteroatoms. The van der Waals surface area contributed by atoms with Crippen LogP contribution in [0, 0.1) is 6.92 Å². The van der Waals surface area contributed by atoms with E-state index in [0.717, 1.165) is 5.33 Å². The predicted octanol–water partition coefficient (Wildman–Crippen LogP) is 5.17. The van der Waals surface area contributed by atoms with Gasteiger partial charge in [0.25, 0.3) is 0 Å². The van der Waals surface area contributed by atoms with Crippen molar-refractivity contribution in [3.8, 4) is 0 Å². The van der Waals surface area contributed by atoms with Gasteiger partial charge < -0.3 is 0 Å². The molecule has 0 saturated heterocycles. The van der Waals surface area contributed by atoms with Crippen LogP contribution in [0.5, 0.6) is 0 Å². The summed E-state index contributed by atoms with van der Waals surface area (Å²) >= 11 is 5.50. The van der Waals surface area contributed by atoms with E-state index in [9.17, 15) is 0 Å². The smallest absolute Gasteiger partial charge is 0.0100 e. The lowest BCUT2D eigenvalue weighted by molar-refractivity contribution is 0.696. The van der Waals surface area contributed by atoms with E-state index in [2.05, 4.69) is 64.6 Å². The highest BCUT2D eigenvalue weighted by Crippen LogP contribution is 2.25. The Bertz CT molecular complexity index is 448. The normalized spacial score (nSPS) is 12.6. The maximum atomic E-state index is 3.64. The average Bonchev–Trinajstić information content (AvgIpc) is 2.83. The second kappa shape index (κ2) is 6.36. The summed E-state index contributed by atoms with van der Waals surface area (Å²) in [6, 6.07) is 13.2. The van der Waals surface area contributed by atoms with Gasteiger partial charge in [-0.15, -0.1) is 11.3 Å². The van der Waals surface area contributed by atoms with E-state index in [4.69, 9.17) is 0 Å². The van der Waals surface area contributed by atoms with Gasteiger partial charge in [0.05, 0.1) is 0 Å². The summed E-state index contributed by atoms with van der Waals surface area (Å²) in [6.07, 6.45) is 2.40. The lowest BCUT2D eigenvalue weighted by Crippen LogP contribution is -2.02. The third-order valence-electron chi connectivity index (χ3n) is 3.02. The van der Waals surface area contributed by atoms with Crippen molar-refractivity contribution in [1.82, 2.24) is 0 Å². The first kappa shape index (κ1) is 12.8. The number of aryl methyl sites for hydroxylation is 2. The summed E-state index contributed by atoms with van der Waals surface area (Å²) in [5.74, 6) is 0.622. The Morgan fingerprint density at radius 2 is 2.12 bits per heavy atom. The van der Waals surface area contributed by atoms with Gasteiger partial charge >= 0.3 is 0 Å². The second-order valence-electron chi connectivity index (χ2n) is 4.38. The lowest BCUT2D eigenvalue weighted by Gasteiger charge is -2.14. The highest BCUT2D eigenvalue weighted by molar-refractivity contribution is 9.09. The molecule has 0 bridgehead atoms. The van der Waals surface area contributed by atoms with Crippen LogP contribution >= 0.6 is 27.3 Å². The van der Waals surface area contributed by atoms with Gasteiger partial charge in [0.1, 0.15) is 0 Å². The number of benzene rings is 1. The largest absolute Gasteiger partial charge is 0.149 e. The first-order chi connectivity index (χ1) is 8.29. The monoisotopic (exact) mass is 308 g/mol. The Hall–Kier alpha value is -0.600. The van der Waals surface area contributed by atoms with Gasteiger partial charge in [-0.25, -0.2) is 0 Å². The molecule has 2 rings (SSSR count). The number of alkyl halides is 1. The number of halogens is 1. The maximum Gasteiger partial charge on any atom is 0.0100 e. The van der Waals surface area contributed by atoms with E-state index in [-0.39, 0.29) is 0 Å². The summed E-state index contributed by atoms with van der Waals surface area (Å²) in [5.41, 5.74) is 2.81.